The average Bonchev–Trinajstić information content (AvgIpc) is 2.17. The quantitative estimate of drug-likeness (QED) is 0.612. The highest BCUT2D eigenvalue weighted by Gasteiger charge is 2.23. The first kappa shape index (κ1) is 15.5. The summed E-state index contributed by atoms with van der Waals surface area (Å²) in [6.45, 7) is 4.67. The van der Waals surface area contributed by atoms with Gasteiger partial charge in [-0.15, -0.1) is 0 Å². The molecule has 0 bridgehead atoms. The van der Waals surface area contributed by atoms with Crippen molar-refractivity contribution in [2.24, 2.45) is 5.14 Å². The van der Waals surface area contributed by atoms with Gasteiger partial charge in [-0.3, -0.25) is 10.1 Å². The van der Waals surface area contributed by atoms with Crippen LogP contribution in [-0.4, -0.2) is 18.1 Å². The molecular formula is C10H16N2O4S. The molecule has 0 saturated carbocycles. The number of primary sulfonamides is 1. The van der Waals surface area contributed by atoms with Gasteiger partial charge >= 0.3 is 0 Å². The minimum atomic E-state index is -3.34. The van der Waals surface area contributed by atoms with E-state index in [0.29, 0.717) is 0 Å². The van der Waals surface area contributed by atoms with Gasteiger partial charge in [0.2, 0.25) is 10.0 Å². The summed E-state index contributed by atoms with van der Waals surface area (Å²) in [5.41, 5.74) is 0.137. The number of para-hydroxylation sites is 1. The standard InChI is InChI=1S/C6H5NO2.C4H11NO2S/c8-7(9)6-4-2-1-3-5-6;1-4(2,3)8(5,6)7/h1-5H;1-3H3,(H2,5,6,7). The van der Waals surface area contributed by atoms with Crippen molar-refractivity contribution in [3.63, 3.8) is 0 Å². The second kappa shape index (κ2) is 5.74. The number of nitrogens with two attached hydrogens (primary N) is 1. The van der Waals surface area contributed by atoms with E-state index in [2.05, 4.69) is 0 Å². The van der Waals surface area contributed by atoms with Crippen molar-refractivity contribution in [2.45, 2.75) is 25.5 Å². The highest BCUT2D eigenvalue weighted by Crippen LogP contribution is 2.09. The number of rotatable bonds is 1. The third-order valence-corrected chi connectivity index (χ3v) is 3.53. The zero-order valence-electron chi connectivity index (χ0n) is 9.95. The van der Waals surface area contributed by atoms with E-state index < -0.39 is 19.7 Å². The van der Waals surface area contributed by atoms with Crippen LogP contribution in [0.4, 0.5) is 5.69 Å². The van der Waals surface area contributed by atoms with Gasteiger partial charge in [0.15, 0.2) is 0 Å². The summed E-state index contributed by atoms with van der Waals surface area (Å²) >= 11 is 0. The SMILES string of the molecule is CC(C)(C)S(N)(=O)=O.O=[N+]([O-])c1ccccc1. The molecule has 0 aliphatic heterocycles. The fourth-order valence-corrected chi connectivity index (χ4v) is 0.550. The average molecular weight is 260 g/mol. The number of sulfonamides is 1. The monoisotopic (exact) mass is 260 g/mol. The van der Waals surface area contributed by atoms with E-state index in [-0.39, 0.29) is 5.69 Å². The van der Waals surface area contributed by atoms with Crippen molar-refractivity contribution in [3.8, 4) is 0 Å². The molecule has 0 unspecified atom stereocenters. The number of benzene rings is 1. The van der Waals surface area contributed by atoms with Gasteiger partial charge in [-0.25, -0.2) is 13.6 Å². The van der Waals surface area contributed by atoms with Gasteiger partial charge in [-0.05, 0) is 20.8 Å². The summed E-state index contributed by atoms with van der Waals surface area (Å²) in [4.78, 5) is 9.59. The molecule has 7 heteroatoms. The molecular weight excluding hydrogens is 244 g/mol. The fraction of sp³-hybridized carbons (Fsp3) is 0.400. The van der Waals surface area contributed by atoms with Crippen molar-refractivity contribution in [1.82, 2.24) is 0 Å². The third-order valence-electron chi connectivity index (χ3n) is 1.82. The molecule has 0 fully saturated rings. The molecule has 2 N–H and O–H groups in total. The first-order chi connectivity index (χ1) is 7.55. The number of nitrogens with zero attached hydrogens (tertiary/aromatic N) is 1. The lowest BCUT2D eigenvalue weighted by Crippen LogP contribution is -2.34. The van der Waals surface area contributed by atoms with E-state index in [9.17, 15) is 18.5 Å². The maximum Gasteiger partial charge on any atom is 0.269 e. The van der Waals surface area contributed by atoms with E-state index in [1.165, 1.54) is 12.1 Å². The Balaban J connectivity index is 0.000000304. The van der Waals surface area contributed by atoms with Crippen molar-refractivity contribution < 1.29 is 13.3 Å². The van der Waals surface area contributed by atoms with Crippen LogP contribution in [0.5, 0.6) is 0 Å². The molecule has 0 radical (unpaired) electrons. The topological polar surface area (TPSA) is 103 Å². The molecule has 0 amide bonds. The van der Waals surface area contributed by atoms with Crippen LogP contribution in [0.1, 0.15) is 20.8 Å². The van der Waals surface area contributed by atoms with Crippen molar-refractivity contribution in [3.05, 3.63) is 40.4 Å². The predicted octanol–water partition coefficient (Wildman–Crippen LogP) is 1.67. The number of nitro groups is 1. The van der Waals surface area contributed by atoms with E-state index in [1.807, 2.05) is 0 Å². The van der Waals surface area contributed by atoms with Gasteiger partial charge in [0, 0.05) is 12.1 Å². The van der Waals surface area contributed by atoms with Crippen LogP contribution >= 0.6 is 0 Å². The molecule has 0 aromatic heterocycles. The Bertz CT molecular complexity index is 463. The third kappa shape index (κ3) is 5.98. The largest absolute Gasteiger partial charge is 0.269 e. The summed E-state index contributed by atoms with van der Waals surface area (Å²) in [7, 11) is -3.34. The van der Waals surface area contributed by atoms with Crippen LogP contribution in [0, 0.1) is 10.1 Å². The first-order valence-electron chi connectivity index (χ1n) is 4.77. The Morgan fingerprint density at radius 3 is 1.71 bits per heavy atom. The fourth-order valence-electron chi connectivity index (χ4n) is 0.550. The van der Waals surface area contributed by atoms with E-state index >= 15 is 0 Å². The Labute approximate surface area is 101 Å². The number of non-ortho nitro benzene ring substituents is 1. The molecule has 0 spiro atoms. The zero-order chi connectivity index (χ0) is 13.7. The Hall–Kier alpha value is -1.47. The summed E-state index contributed by atoms with van der Waals surface area (Å²) in [6, 6.07) is 7.93. The van der Waals surface area contributed by atoms with Crippen LogP contribution in [0.15, 0.2) is 30.3 Å². The Morgan fingerprint density at radius 2 is 1.53 bits per heavy atom. The van der Waals surface area contributed by atoms with E-state index in [0.717, 1.165) is 0 Å². The molecule has 0 saturated heterocycles. The second-order valence-electron chi connectivity index (χ2n) is 4.25. The molecule has 6 nitrogen and oxygen atoms in total. The molecule has 17 heavy (non-hydrogen) atoms. The van der Waals surface area contributed by atoms with Gasteiger partial charge in [0.05, 0.1) is 9.67 Å². The molecule has 0 aliphatic carbocycles. The summed E-state index contributed by atoms with van der Waals surface area (Å²) < 4.78 is 20.0. The minimum Gasteiger partial charge on any atom is -0.258 e. The lowest BCUT2D eigenvalue weighted by molar-refractivity contribution is -0.384. The minimum absolute atomic E-state index is 0.137. The normalized spacial score (nSPS) is 11.3. The molecule has 0 heterocycles. The van der Waals surface area contributed by atoms with Crippen LogP contribution in [0.25, 0.3) is 0 Å². The smallest absolute Gasteiger partial charge is 0.258 e. The maximum atomic E-state index is 10.4. The predicted molar refractivity (Wildman–Crippen MR) is 66.0 cm³/mol. The van der Waals surface area contributed by atoms with E-state index in [1.54, 1.807) is 39.0 Å². The van der Waals surface area contributed by atoms with Crippen LogP contribution in [0.3, 0.4) is 0 Å². The van der Waals surface area contributed by atoms with Crippen LogP contribution in [0.2, 0.25) is 0 Å². The maximum absolute atomic E-state index is 10.4. The van der Waals surface area contributed by atoms with E-state index in [4.69, 9.17) is 5.14 Å². The molecule has 0 atom stereocenters. The number of hydrogen-bond acceptors (Lipinski definition) is 4. The lowest BCUT2D eigenvalue weighted by Gasteiger charge is -2.13. The van der Waals surface area contributed by atoms with Crippen LogP contribution in [-0.2, 0) is 10.0 Å². The molecule has 96 valence electrons. The van der Waals surface area contributed by atoms with Gasteiger partial charge in [0.25, 0.3) is 5.69 Å². The summed E-state index contributed by atoms with van der Waals surface area (Å²) in [5, 5.41) is 14.8. The number of nitro benzene ring substituents is 1. The van der Waals surface area contributed by atoms with Gasteiger partial charge < -0.3 is 0 Å². The van der Waals surface area contributed by atoms with Crippen LogP contribution < -0.4 is 5.14 Å². The highest BCUT2D eigenvalue weighted by atomic mass is 32.2. The molecule has 0 aliphatic rings. The first-order valence-corrected chi connectivity index (χ1v) is 6.32. The number of hydrogen-bond donors (Lipinski definition) is 1. The van der Waals surface area contributed by atoms with Gasteiger partial charge in [-0.2, -0.15) is 0 Å². The highest BCUT2D eigenvalue weighted by molar-refractivity contribution is 7.90. The van der Waals surface area contributed by atoms with Crippen molar-refractivity contribution in [2.75, 3.05) is 0 Å². The zero-order valence-corrected chi connectivity index (χ0v) is 10.8. The lowest BCUT2D eigenvalue weighted by atomic mass is 10.3. The summed E-state index contributed by atoms with van der Waals surface area (Å²) in [6.07, 6.45) is 0. The van der Waals surface area contributed by atoms with Crippen molar-refractivity contribution >= 4 is 15.7 Å². The molecule has 1 aromatic carbocycles. The van der Waals surface area contributed by atoms with Crippen molar-refractivity contribution in [1.29, 1.82) is 0 Å². The summed E-state index contributed by atoms with van der Waals surface area (Å²) in [5.74, 6) is 0. The second-order valence-corrected chi connectivity index (χ2v) is 6.56. The molecule has 1 rings (SSSR count). The Kier molecular flexibility index (Phi) is 5.24. The van der Waals surface area contributed by atoms with Gasteiger partial charge in [0.1, 0.15) is 0 Å². The van der Waals surface area contributed by atoms with Gasteiger partial charge in [-0.1, -0.05) is 18.2 Å². The Morgan fingerprint density at radius 1 is 1.18 bits per heavy atom. The molecule has 1 aromatic rings.